The molecule has 0 fully saturated rings. The minimum Gasteiger partial charge on any atom is -0.454 e. The second kappa shape index (κ2) is 5.05. The summed E-state index contributed by atoms with van der Waals surface area (Å²) in [4.78, 5) is 9.16. The number of aliphatic imine (C=N–C) groups is 2. The van der Waals surface area contributed by atoms with Crippen molar-refractivity contribution >= 4 is 45.2 Å². The topological polar surface area (TPSA) is 37.9 Å². The van der Waals surface area contributed by atoms with Gasteiger partial charge in [-0.05, 0) is 22.7 Å². The Balaban J connectivity index is 1.87. The number of amidine groups is 1. The number of hydrogen-bond acceptors (Lipinski definition) is 3. The van der Waals surface area contributed by atoms with Crippen molar-refractivity contribution in [2.45, 2.75) is 0 Å². The minimum absolute atomic E-state index is 0.640. The van der Waals surface area contributed by atoms with Crippen LogP contribution in [0.2, 0.25) is 0 Å². The lowest BCUT2D eigenvalue weighted by atomic mass is 10.1. The average Bonchev–Trinajstić information content (AvgIpc) is 2.86. The van der Waals surface area contributed by atoms with Gasteiger partial charge in [-0.15, -0.1) is 0 Å². The van der Waals surface area contributed by atoms with Crippen molar-refractivity contribution in [2.24, 2.45) is 9.98 Å². The standard InChI is InChI=1S/C21H12N2O/c1-2-7-15(8-3-1)21-22-13-12-18-20(23-21)19-16-9-5-4-6-14(16)10-11-17(19)24-18/h1-12H. The molecule has 4 aromatic rings. The van der Waals surface area contributed by atoms with E-state index in [2.05, 4.69) is 29.1 Å². The third-order valence-electron chi connectivity index (χ3n) is 4.20. The Bertz CT molecular complexity index is 1180. The number of benzene rings is 3. The fourth-order valence-corrected chi connectivity index (χ4v) is 3.08. The zero-order valence-electron chi connectivity index (χ0n) is 12.7. The number of fused-ring (bicyclic) bond motifs is 5. The van der Waals surface area contributed by atoms with Crippen molar-refractivity contribution < 1.29 is 4.42 Å². The van der Waals surface area contributed by atoms with E-state index in [1.165, 1.54) is 5.39 Å². The maximum absolute atomic E-state index is 5.98. The highest BCUT2D eigenvalue weighted by Gasteiger charge is 2.17. The molecule has 3 aromatic carbocycles. The molecule has 0 bridgehead atoms. The van der Waals surface area contributed by atoms with Gasteiger partial charge >= 0.3 is 0 Å². The Morgan fingerprint density at radius 3 is 2.58 bits per heavy atom. The van der Waals surface area contributed by atoms with Gasteiger partial charge in [-0.3, -0.25) is 0 Å². The third kappa shape index (κ3) is 1.93. The quantitative estimate of drug-likeness (QED) is 0.466. The Morgan fingerprint density at radius 1 is 0.833 bits per heavy atom. The molecule has 5 rings (SSSR count). The minimum atomic E-state index is 0.640. The van der Waals surface area contributed by atoms with Crippen molar-refractivity contribution in [2.75, 3.05) is 0 Å². The lowest BCUT2D eigenvalue weighted by Crippen LogP contribution is -1.94. The van der Waals surface area contributed by atoms with E-state index in [1.54, 1.807) is 6.08 Å². The zero-order valence-corrected chi connectivity index (χ0v) is 12.7. The van der Waals surface area contributed by atoms with Crippen LogP contribution in [0.4, 0.5) is 5.69 Å². The summed E-state index contributed by atoms with van der Waals surface area (Å²) in [5, 5.41) is 3.32. The first-order valence-corrected chi connectivity index (χ1v) is 7.78. The molecule has 3 heteroatoms. The van der Waals surface area contributed by atoms with Crippen molar-refractivity contribution in [3.63, 3.8) is 0 Å². The molecule has 0 atom stereocenters. The van der Waals surface area contributed by atoms with Crippen LogP contribution in [-0.2, 0) is 0 Å². The monoisotopic (exact) mass is 308 g/mol. The van der Waals surface area contributed by atoms with Gasteiger partial charge in [-0.2, -0.15) is 4.99 Å². The summed E-state index contributed by atoms with van der Waals surface area (Å²) in [5.74, 6) is 4.27. The van der Waals surface area contributed by atoms with Crippen LogP contribution in [0.1, 0.15) is 11.3 Å². The van der Waals surface area contributed by atoms with Crippen LogP contribution in [0.5, 0.6) is 0 Å². The maximum atomic E-state index is 5.98. The van der Waals surface area contributed by atoms with Gasteiger partial charge in [0.1, 0.15) is 11.3 Å². The van der Waals surface area contributed by atoms with Crippen LogP contribution in [0.3, 0.4) is 0 Å². The smallest absolute Gasteiger partial charge is 0.169 e. The summed E-state index contributed by atoms with van der Waals surface area (Å²) in [6.07, 6.45) is 1.75. The molecule has 0 saturated carbocycles. The molecule has 0 N–H and O–H groups in total. The van der Waals surface area contributed by atoms with Gasteiger partial charge < -0.3 is 4.42 Å². The molecule has 0 radical (unpaired) electrons. The van der Waals surface area contributed by atoms with Crippen molar-refractivity contribution in [3.8, 4) is 0 Å². The average molecular weight is 308 g/mol. The Labute approximate surface area is 138 Å². The number of nitrogens with zero attached hydrogens (tertiary/aromatic N) is 2. The molecule has 1 aliphatic heterocycles. The fourth-order valence-electron chi connectivity index (χ4n) is 3.08. The molecule has 0 spiro atoms. The summed E-state index contributed by atoms with van der Waals surface area (Å²) in [6.45, 7) is 0. The lowest BCUT2D eigenvalue weighted by molar-refractivity contribution is 0.606. The van der Waals surface area contributed by atoms with E-state index in [0.717, 1.165) is 27.6 Å². The molecule has 2 heterocycles. The van der Waals surface area contributed by atoms with Gasteiger partial charge in [-0.1, -0.05) is 60.7 Å². The number of furan rings is 1. The summed E-state index contributed by atoms with van der Waals surface area (Å²) < 4.78 is 5.98. The number of hydrogen-bond donors (Lipinski definition) is 0. The van der Waals surface area contributed by atoms with E-state index in [1.807, 2.05) is 48.5 Å². The van der Waals surface area contributed by atoms with E-state index in [0.29, 0.717) is 11.6 Å². The summed E-state index contributed by atoms with van der Waals surface area (Å²) in [5.41, 5.74) is 2.60. The predicted octanol–water partition coefficient (Wildman–Crippen LogP) is 5.36. The molecule has 112 valence electrons. The van der Waals surface area contributed by atoms with Crippen molar-refractivity contribution in [1.82, 2.24) is 0 Å². The molecule has 24 heavy (non-hydrogen) atoms. The lowest BCUT2D eigenvalue weighted by Gasteiger charge is -2.01. The molecule has 1 aromatic heterocycles. The first-order valence-electron chi connectivity index (χ1n) is 7.78. The van der Waals surface area contributed by atoms with E-state index in [4.69, 9.17) is 9.41 Å². The SMILES string of the molecule is C1=Cc2oc3ccc4ccccc4c3c2N=C(c2ccccc2)N=1. The largest absolute Gasteiger partial charge is 0.454 e. The summed E-state index contributed by atoms with van der Waals surface area (Å²) in [6, 6.07) is 22.3. The molecule has 0 saturated heterocycles. The van der Waals surface area contributed by atoms with E-state index >= 15 is 0 Å². The van der Waals surface area contributed by atoms with Gasteiger partial charge in [0, 0.05) is 11.6 Å². The molecule has 0 unspecified atom stereocenters. The van der Waals surface area contributed by atoms with Gasteiger partial charge in [0.2, 0.25) is 0 Å². The second-order valence-corrected chi connectivity index (χ2v) is 5.66. The molecule has 3 nitrogen and oxygen atoms in total. The summed E-state index contributed by atoms with van der Waals surface area (Å²) >= 11 is 0. The van der Waals surface area contributed by atoms with E-state index in [9.17, 15) is 0 Å². The zero-order chi connectivity index (χ0) is 15.9. The van der Waals surface area contributed by atoms with Crippen LogP contribution in [0.25, 0.3) is 27.8 Å². The Kier molecular flexibility index (Phi) is 2.75. The van der Waals surface area contributed by atoms with Crippen LogP contribution in [-0.4, -0.2) is 11.7 Å². The summed E-state index contributed by atoms with van der Waals surface area (Å²) in [7, 11) is 0. The van der Waals surface area contributed by atoms with Crippen LogP contribution < -0.4 is 0 Å². The fraction of sp³-hybridized carbons (Fsp3) is 0. The Morgan fingerprint density at radius 2 is 1.67 bits per heavy atom. The van der Waals surface area contributed by atoms with Crippen molar-refractivity contribution in [3.05, 3.63) is 78.1 Å². The van der Waals surface area contributed by atoms with E-state index in [-0.39, 0.29) is 0 Å². The third-order valence-corrected chi connectivity index (χ3v) is 4.20. The number of rotatable bonds is 1. The maximum Gasteiger partial charge on any atom is 0.169 e. The highest BCUT2D eigenvalue weighted by Crippen LogP contribution is 2.39. The molecular weight excluding hydrogens is 296 g/mol. The molecular formula is C21H12N2O. The highest BCUT2D eigenvalue weighted by molar-refractivity contribution is 6.16. The van der Waals surface area contributed by atoms with Crippen LogP contribution in [0.15, 0.2) is 81.1 Å². The highest BCUT2D eigenvalue weighted by atomic mass is 16.3. The van der Waals surface area contributed by atoms with Gasteiger partial charge in [0.05, 0.1) is 5.39 Å². The first-order chi connectivity index (χ1) is 11.9. The van der Waals surface area contributed by atoms with Crippen LogP contribution in [0, 0.1) is 0 Å². The Hall–Kier alpha value is -3.42. The normalized spacial score (nSPS) is 13.1. The van der Waals surface area contributed by atoms with Crippen molar-refractivity contribution in [1.29, 1.82) is 0 Å². The predicted molar refractivity (Wildman–Crippen MR) is 98.3 cm³/mol. The van der Waals surface area contributed by atoms with Gasteiger partial charge in [-0.25, -0.2) is 4.99 Å². The molecule has 0 amide bonds. The molecule has 0 aliphatic carbocycles. The first kappa shape index (κ1) is 13.1. The van der Waals surface area contributed by atoms with E-state index < -0.39 is 0 Å². The van der Waals surface area contributed by atoms with Crippen LogP contribution >= 0.6 is 0 Å². The van der Waals surface area contributed by atoms with Gasteiger partial charge in [0.25, 0.3) is 0 Å². The second-order valence-electron chi connectivity index (χ2n) is 5.66. The van der Waals surface area contributed by atoms with Gasteiger partial charge in [0.15, 0.2) is 11.6 Å². The molecule has 1 aliphatic rings.